The van der Waals surface area contributed by atoms with Crippen LogP contribution in [-0.2, 0) is 0 Å². The molecule has 0 atom stereocenters. The molecule has 7 aromatic carbocycles. The summed E-state index contributed by atoms with van der Waals surface area (Å²) in [6, 6.07) is 56.8. The fourth-order valence-electron chi connectivity index (χ4n) is 8.50. The van der Waals surface area contributed by atoms with Crippen molar-refractivity contribution in [2.75, 3.05) is 0 Å². The molecule has 0 N–H and O–H groups in total. The molecule has 4 nitrogen and oxygen atoms in total. The Kier molecular flexibility index (Phi) is 5.35. The van der Waals surface area contributed by atoms with E-state index in [1.165, 1.54) is 64.7 Å². The van der Waals surface area contributed by atoms with Crippen molar-refractivity contribution in [3.05, 3.63) is 158 Å². The van der Waals surface area contributed by atoms with E-state index in [4.69, 9.17) is 9.97 Å². The third kappa shape index (κ3) is 3.63. The molecule has 236 valence electrons. The molecule has 5 heteroatoms. The molecule has 0 aliphatic carbocycles. The van der Waals surface area contributed by atoms with Gasteiger partial charge in [0.2, 0.25) is 5.95 Å². The van der Waals surface area contributed by atoms with Crippen molar-refractivity contribution < 1.29 is 0 Å². The maximum absolute atomic E-state index is 5.52. The highest BCUT2D eigenvalue weighted by molar-refractivity contribution is 7.26. The van der Waals surface area contributed by atoms with Gasteiger partial charge in [-0.15, -0.1) is 11.3 Å². The molecule has 0 aliphatic heterocycles. The quantitative estimate of drug-likeness (QED) is 0.188. The number of thiophene rings is 1. The lowest BCUT2D eigenvalue weighted by atomic mass is 10.0. The van der Waals surface area contributed by atoms with Crippen LogP contribution in [-0.4, -0.2) is 18.9 Å². The molecule has 0 bridgehead atoms. The number of rotatable bonds is 3. The van der Waals surface area contributed by atoms with Crippen molar-refractivity contribution in [1.82, 2.24) is 18.9 Å². The van der Waals surface area contributed by atoms with E-state index in [1.54, 1.807) is 11.3 Å². The standard InChI is InChI=1S/C46H26N4S/c1-3-13-27(14-4-1)29-23-24-38-33(25-29)35-26-34-30-17-7-10-20-36(30)49-37-21-11-8-18-31(37)40(43(34)49)44(35)50(38)46-47-41(28-15-5-2-6-16-28)45-42(48-46)32-19-9-12-22-39(32)51-45/h1-26H. The minimum Gasteiger partial charge on any atom is -0.308 e. The van der Waals surface area contributed by atoms with E-state index in [1.807, 2.05) is 0 Å². The minimum atomic E-state index is 0.681. The summed E-state index contributed by atoms with van der Waals surface area (Å²) in [5.74, 6) is 0.681. The van der Waals surface area contributed by atoms with Crippen LogP contribution >= 0.6 is 11.3 Å². The van der Waals surface area contributed by atoms with E-state index in [0.717, 1.165) is 37.9 Å². The van der Waals surface area contributed by atoms with Crippen molar-refractivity contribution in [1.29, 1.82) is 0 Å². The molecule has 5 heterocycles. The van der Waals surface area contributed by atoms with Gasteiger partial charge in [0.05, 0.1) is 43.5 Å². The Morgan fingerprint density at radius 1 is 0.431 bits per heavy atom. The summed E-state index contributed by atoms with van der Waals surface area (Å²) >= 11 is 1.77. The topological polar surface area (TPSA) is 35.1 Å². The van der Waals surface area contributed by atoms with E-state index in [0.29, 0.717) is 5.95 Å². The number of aromatic nitrogens is 4. The van der Waals surface area contributed by atoms with Crippen molar-refractivity contribution in [3.8, 4) is 28.3 Å². The highest BCUT2D eigenvalue weighted by Gasteiger charge is 2.26. The lowest BCUT2D eigenvalue weighted by Crippen LogP contribution is -2.03. The van der Waals surface area contributed by atoms with Crippen molar-refractivity contribution in [3.63, 3.8) is 0 Å². The van der Waals surface area contributed by atoms with Gasteiger partial charge in [-0.05, 0) is 47.5 Å². The highest BCUT2D eigenvalue weighted by Crippen LogP contribution is 2.47. The first kappa shape index (κ1) is 27.3. The summed E-state index contributed by atoms with van der Waals surface area (Å²) in [7, 11) is 0. The summed E-state index contributed by atoms with van der Waals surface area (Å²) < 4.78 is 7.12. The molecule has 51 heavy (non-hydrogen) atoms. The average Bonchev–Trinajstić information content (AvgIpc) is 3.93. The molecule has 0 spiro atoms. The predicted molar refractivity (Wildman–Crippen MR) is 215 cm³/mol. The SMILES string of the molecule is c1ccc(-c2ccc3c(c2)c2cc4c5ccccc5n5c6ccccc6c(c2n3-c2nc(-c3ccccc3)c3sc6ccccc6c3n2)c45)cc1. The first-order chi connectivity index (χ1) is 25.3. The van der Waals surface area contributed by atoms with Gasteiger partial charge in [0.25, 0.3) is 0 Å². The van der Waals surface area contributed by atoms with Crippen LogP contribution in [0.2, 0.25) is 0 Å². The molecule has 0 radical (unpaired) electrons. The van der Waals surface area contributed by atoms with Crippen LogP contribution < -0.4 is 0 Å². The minimum absolute atomic E-state index is 0.681. The molecule has 12 aromatic rings. The van der Waals surface area contributed by atoms with Crippen molar-refractivity contribution in [2.24, 2.45) is 0 Å². The second-order valence-corrected chi connectivity index (χ2v) is 14.4. The van der Waals surface area contributed by atoms with Crippen LogP contribution in [0.15, 0.2) is 158 Å². The van der Waals surface area contributed by atoms with Crippen LogP contribution in [0.25, 0.3) is 109 Å². The monoisotopic (exact) mass is 666 g/mol. The van der Waals surface area contributed by atoms with Gasteiger partial charge >= 0.3 is 0 Å². The first-order valence-electron chi connectivity index (χ1n) is 17.3. The summed E-state index contributed by atoms with van der Waals surface area (Å²) in [4.78, 5) is 11.0. The zero-order valence-electron chi connectivity index (χ0n) is 27.2. The van der Waals surface area contributed by atoms with Crippen molar-refractivity contribution in [2.45, 2.75) is 0 Å². The van der Waals surface area contributed by atoms with Gasteiger partial charge in [-0.2, -0.15) is 0 Å². The molecule has 0 fully saturated rings. The molecule has 0 amide bonds. The van der Waals surface area contributed by atoms with Gasteiger partial charge in [0.1, 0.15) is 0 Å². The van der Waals surface area contributed by atoms with Crippen LogP contribution in [0, 0.1) is 0 Å². The molecule has 0 saturated heterocycles. The number of fused-ring (bicyclic) bond motifs is 13. The van der Waals surface area contributed by atoms with Gasteiger partial charge in [-0.1, -0.05) is 121 Å². The molecular formula is C46H26N4S. The average molecular weight is 667 g/mol. The molecular weight excluding hydrogens is 641 g/mol. The van der Waals surface area contributed by atoms with E-state index < -0.39 is 0 Å². The largest absolute Gasteiger partial charge is 0.308 e. The molecule has 12 rings (SSSR count). The summed E-state index contributed by atoms with van der Waals surface area (Å²) in [6.07, 6.45) is 0. The number of benzene rings is 7. The third-order valence-electron chi connectivity index (χ3n) is 10.7. The number of para-hydroxylation sites is 2. The Balaban J connectivity index is 1.32. The summed E-state index contributed by atoms with van der Waals surface area (Å²) in [6.45, 7) is 0. The zero-order chi connectivity index (χ0) is 33.2. The first-order valence-corrected chi connectivity index (χ1v) is 18.1. The van der Waals surface area contributed by atoms with E-state index >= 15 is 0 Å². The Morgan fingerprint density at radius 2 is 1.08 bits per heavy atom. The third-order valence-corrected chi connectivity index (χ3v) is 11.8. The number of hydrogen-bond donors (Lipinski definition) is 0. The predicted octanol–water partition coefficient (Wildman–Crippen LogP) is 12.4. The van der Waals surface area contributed by atoms with Crippen LogP contribution in [0.3, 0.4) is 0 Å². The second kappa shape index (κ2) is 10.0. The van der Waals surface area contributed by atoms with E-state index in [-0.39, 0.29) is 0 Å². The Labute approximate surface area is 295 Å². The van der Waals surface area contributed by atoms with Gasteiger partial charge in [-0.3, -0.25) is 4.57 Å². The molecule has 0 saturated carbocycles. The summed E-state index contributed by atoms with van der Waals surface area (Å²) in [5, 5.41) is 8.52. The van der Waals surface area contributed by atoms with E-state index in [2.05, 4.69) is 167 Å². The molecule has 5 aromatic heterocycles. The number of hydrogen-bond acceptors (Lipinski definition) is 3. The highest BCUT2D eigenvalue weighted by atomic mass is 32.1. The molecule has 0 aliphatic rings. The molecule has 0 unspecified atom stereocenters. The van der Waals surface area contributed by atoms with Crippen molar-refractivity contribution >= 4 is 91.5 Å². The second-order valence-electron chi connectivity index (χ2n) is 13.4. The Bertz CT molecular complexity index is 3350. The maximum atomic E-state index is 5.52. The normalized spacial score (nSPS) is 12.3. The van der Waals surface area contributed by atoms with Crippen LogP contribution in [0.1, 0.15) is 0 Å². The van der Waals surface area contributed by atoms with Gasteiger partial charge in [0, 0.05) is 48.0 Å². The fraction of sp³-hybridized carbons (Fsp3) is 0. The fourth-order valence-corrected chi connectivity index (χ4v) is 9.65. The van der Waals surface area contributed by atoms with E-state index in [9.17, 15) is 0 Å². The van der Waals surface area contributed by atoms with Crippen LogP contribution in [0.4, 0.5) is 0 Å². The smallest absolute Gasteiger partial charge is 0.235 e. The Hall–Kier alpha value is -6.56. The lowest BCUT2D eigenvalue weighted by molar-refractivity contribution is 1.02. The van der Waals surface area contributed by atoms with Crippen LogP contribution in [0.5, 0.6) is 0 Å². The van der Waals surface area contributed by atoms with Gasteiger partial charge in [0.15, 0.2) is 0 Å². The Morgan fingerprint density at radius 3 is 1.88 bits per heavy atom. The zero-order valence-corrected chi connectivity index (χ0v) is 28.0. The maximum Gasteiger partial charge on any atom is 0.235 e. The summed E-state index contributed by atoms with van der Waals surface area (Å²) in [5.41, 5.74) is 11.3. The lowest BCUT2D eigenvalue weighted by Gasteiger charge is -2.11. The van der Waals surface area contributed by atoms with Gasteiger partial charge in [-0.25, -0.2) is 9.97 Å². The van der Waals surface area contributed by atoms with Gasteiger partial charge < -0.3 is 4.40 Å². The number of nitrogens with zero attached hydrogens (tertiary/aromatic N) is 4.